The van der Waals surface area contributed by atoms with E-state index in [4.69, 9.17) is 23.7 Å². The zero-order valence-corrected chi connectivity index (χ0v) is 15.2. The summed E-state index contributed by atoms with van der Waals surface area (Å²) < 4.78 is 25.9. The summed E-state index contributed by atoms with van der Waals surface area (Å²) in [4.78, 5) is 45.1. The number of esters is 4. The maximum Gasteiger partial charge on any atom is 0.303 e. The first-order valence-electron chi connectivity index (χ1n) is 7.06. The number of carbonyl (C=O) groups is 4. The predicted octanol–water partition coefficient (Wildman–Crippen LogP) is 0.464. The van der Waals surface area contributed by atoms with E-state index in [2.05, 4.69) is 15.9 Å². The average Bonchev–Trinajstić information content (AvgIpc) is 2.42. The van der Waals surface area contributed by atoms with Gasteiger partial charge in [-0.25, -0.2) is 0 Å². The molecule has 24 heavy (non-hydrogen) atoms. The van der Waals surface area contributed by atoms with E-state index in [9.17, 15) is 19.2 Å². The SMILES string of the molecule is CC(=O)OC[C@H]1OC(Br)C(OC(C)=O)[C@@H](OC(C)=O)C1OC(C)=O. The molecule has 0 amide bonds. The van der Waals surface area contributed by atoms with Gasteiger partial charge in [-0.2, -0.15) is 0 Å². The van der Waals surface area contributed by atoms with E-state index in [0.29, 0.717) is 0 Å². The van der Waals surface area contributed by atoms with Gasteiger partial charge in [0.15, 0.2) is 23.3 Å². The van der Waals surface area contributed by atoms with Gasteiger partial charge in [0, 0.05) is 27.7 Å². The van der Waals surface area contributed by atoms with Gasteiger partial charge in [-0.3, -0.25) is 19.2 Å². The molecule has 0 spiro atoms. The second-order valence-electron chi connectivity index (χ2n) is 5.05. The van der Waals surface area contributed by atoms with Gasteiger partial charge in [-0.1, -0.05) is 15.9 Å². The van der Waals surface area contributed by atoms with Gasteiger partial charge in [0.05, 0.1) is 0 Å². The monoisotopic (exact) mass is 410 g/mol. The van der Waals surface area contributed by atoms with Crippen LogP contribution < -0.4 is 0 Å². The lowest BCUT2D eigenvalue weighted by molar-refractivity contribution is -0.236. The van der Waals surface area contributed by atoms with Gasteiger partial charge in [-0.15, -0.1) is 0 Å². The van der Waals surface area contributed by atoms with Crippen molar-refractivity contribution in [1.82, 2.24) is 0 Å². The van der Waals surface area contributed by atoms with Gasteiger partial charge < -0.3 is 23.7 Å². The molecule has 1 fully saturated rings. The molecule has 136 valence electrons. The molecule has 1 saturated heterocycles. The largest absolute Gasteiger partial charge is 0.463 e. The Balaban J connectivity index is 3.11. The molecule has 1 heterocycles. The van der Waals surface area contributed by atoms with Gasteiger partial charge in [-0.05, 0) is 0 Å². The Bertz CT molecular complexity index is 506. The van der Waals surface area contributed by atoms with Crippen molar-refractivity contribution in [2.75, 3.05) is 6.61 Å². The van der Waals surface area contributed by atoms with E-state index in [0.717, 1.165) is 13.8 Å². The van der Waals surface area contributed by atoms with Crippen LogP contribution in [0.5, 0.6) is 0 Å². The summed E-state index contributed by atoms with van der Waals surface area (Å²) >= 11 is 3.18. The van der Waals surface area contributed by atoms with Crippen LogP contribution in [0.15, 0.2) is 0 Å². The summed E-state index contributed by atoms with van der Waals surface area (Å²) in [5.41, 5.74) is 0. The standard InChI is InChI=1S/C14H19BrO9/c1-6(16)20-5-10-11(21-7(2)17)12(22-8(3)18)13(14(15)24-10)23-9(4)19/h10-14H,5H2,1-4H3/t10-,11?,12+,13?,14?/m1/s1. The summed E-state index contributed by atoms with van der Waals surface area (Å²) in [6.45, 7) is 4.47. The number of carbonyl (C=O) groups excluding carboxylic acids is 4. The predicted molar refractivity (Wildman–Crippen MR) is 80.9 cm³/mol. The molecule has 0 N–H and O–H groups in total. The van der Waals surface area contributed by atoms with Crippen molar-refractivity contribution in [2.45, 2.75) is 57.1 Å². The Morgan fingerprint density at radius 3 is 1.71 bits per heavy atom. The van der Waals surface area contributed by atoms with Crippen LogP contribution in [-0.4, -0.2) is 59.9 Å². The molecule has 0 aromatic heterocycles. The summed E-state index contributed by atoms with van der Waals surface area (Å²) in [5.74, 6) is -2.52. The topological polar surface area (TPSA) is 114 Å². The Kier molecular flexibility index (Phi) is 7.61. The molecule has 10 heteroatoms. The molecule has 1 rings (SSSR count). The number of ether oxygens (including phenoxy) is 5. The van der Waals surface area contributed by atoms with Gasteiger partial charge in [0.25, 0.3) is 0 Å². The molecule has 5 atom stereocenters. The van der Waals surface area contributed by atoms with Crippen molar-refractivity contribution in [1.29, 1.82) is 0 Å². The second-order valence-corrected chi connectivity index (χ2v) is 5.95. The van der Waals surface area contributed by atoms with E-state index < -0.39 is 53.3 Å². The van der Waals surface area contributed by atoms with E-state index in [1.165, 1.54) is 13.8 Å². The van der Waals surface area contributed by atoms with Crippen LogP contribution in [0.2, 0.25) is 0 Å². The Labute approximate surface area is 147 Å². The van der Waals surface area contributed by atoms with Crippen molar-refractivity contribution < 1.29 is 42.9 Å². The fraction of sp³-hybridized carbons (Fsp3) is 0.714. The first-order chi connectivity index (χ1) is 11.1. The van der Waals surface area contributed by atoms with Gasteiger partial charge >= 0.3 is 23.9 Å². The van der Waals surface area contributed by atoms with E-state index >= 15 is 0 Å². The third-order valence-electron chi connectivity index (χ3n) is 2.93. The molecule has 0 aliphatic carbocycles. The minimum Gasteiger partial charge on any atom is -0.463 e. The van der Waals surface area contributed by atoms with Crippen molar-refractivity contribution in [3.05, 3.63) is 0 Å². The highest BCUT2D eigenvalue weighted by atomic mass is 79.9. The van der Waals surface area contributed by atoms with Crippen molar-refractivity contribution >= 4 is 39.8 Å². The maximum absolute atomic E-state index is 11.4. The van der Waals surface area contributed by atoms with Crippen molar-refractivity contribution in [3.8, 4) is 0 Å². The zero-order valence-electron chi connectivity index (χ0n) is 13.6. The van der Waals surface area contributed by atoms with Crippen LogP contribution in [0.3, 0.4) is 0 Å². The molecule has 0 aromatic rings. The first-order valence-corrected chi connectivity index (χ1v) is 7.98. The lowest BCUT2D eigenvalue weighted by atomic mass is 9.99. The second kappa shape index (κ2) is 8.97. The minimum atomic E-state index is -1.13. The molecule has 0 aromatic carbocycles. The van der Waals surface area contributed by atoms with Crippen LogP contribution in [0.4, 0.5) is 0 Å². The average molecular weight is 411 g/mol. The molecule has 3 unspecified atom stereocenters. The minimum absolute atomic E-state index is 0.236. The quantitative estimate of drug-likeness (QED) is 0.362. The lowest BCUT2D eigenvalue weighted by Crippen LogP contribution is -2.60. The molecule has 0 radical (unpaired) electrons. The molecule has 1 aliphatic rings. The van der Waals surface area contributed by atoms with Crippen LogP contribution >= 0.6 is 15.9 Å². The number of alkyl halides is 1. The summed E-state index contributed by atoms with van der Waals surface area (Å²) in [6, 6.07) is 0. The third kappa shape index (κ3) is 6.08. The van der Waals surface area contributed by atoms with Gasteiger partial charge in [0.2, 0.25) is 0 Å². The first kappa shape index (κ1) is 20.4. The lowest BCUT2D eigenvalue weighted by Gasteiger charge is -2.42. The summed E-state index contributed by atoms with van der Waals surface area (Å²) in [7, 11) is 0. The zero-order chi connectivity index (χ0) is 18.4. The van der Waals surface area contributed by atoms with Crippen LogP contribution in [0, 0.1) is 0 Å². The number of hydrogen-bond acceptors (Lipinski definition) is 9. The molecule has 9 nitrogen and oxygen atoms in total. The van der Waals surface area contributed by atoms with Crippen molar-refractivity contribution in [3.63, 3.8) is 0 Å². The van der Waals surface area contributed by atoms with Gasteiger partial charge in [0.1, 0.15) is 12.7 Å². The number of halogens is 1. The number of hydrogen-bond donors (Lipinski definition) is 0. The number of rotatable bonds is 5. The smallest absolute Gasteiger partial charge is 0.303 e. The van der Waals surface area contributed by atoms with E-state index in [1.807, 2.05) is 0 Å². The van der Waals surface area contributed by atoms with Crippen molar-refractivity contribution in [2.24, 2.45) is 0 Å². The Morgan fingerprint density at radius 2 is 1.25 bits per heavy atom. The maximum atomic E-state index is 11.4. The third-order valence-corrected chi connectivity index (χ3v) is 3.67. The fourth-order valence-electron chi connectivity index (χ4n) is 2.18. The Morgan fingerprint density at radius 1 is 0.792 bits per heavy atom. The highest BCUT2D eigenvalue weighted by Gasteiger charge is 2.51. The van der Waals surface area contributed by atoms with Crippen LogP contribution in [0.1, 0.15) is 27.7 Å². The summed E-state index contributed by atoms with van der Waals surface area (Å²) in [6.07, 6.45) is -4.22. The van der Waals surface area contributed by atoms with Crippen LogP contribution in [0.25, 0.3) is 0 Å². The van der Waals surface area contributed by atoms with E-state index in [1.54, 1.807) is 0 Å². The highest BCUT2D eigenvalue weighted by molar-refractivity contribution is 9.09. The Hall–Kier alpha value is -1.68. The normalized spacial score (nSPS) is 29.3. The summed E-state index contributed by atoms with van der Waals surface area (Å²) in [5, 5.41) is -0.863. The molecular weight excluding hydrogens is 392 g/mol. The fourth-order valence-corrected chi connectivity index (χ4v) is 2.86. The van der Waals surface area contributed by atoms with Crippen LogP contribution in [-0.2, 0) is 42.9 Å². The van der Waals surface area contributed by atoms with E-state index in [-0.39, 0.29) is 6.61 Å². The highest BCUT2D eigenvalue weighted by Crippen LogP contribution is 2.31. The molecular formula is C14H19BrO9. The molecule has 1 aliphatic heterocycles. The molecule has 0 saturated carbocycles. The molecule has 0 bridgehead atoms.